The van der Waals surface area contributed by atoms with E-state index in [0.717, 1.165) is 0 Å². The Hall–Kier alpha value is -0.910. The average molecular weight is 254 g/mol. The Labute approximate surface area is 93.3 Å². The zero-order chi connectivity index (χ0) is 12.7. The van der Waals surface area contributed by atoms with E-state index in [4.69, 9.17) is 10.2 Å². The summed E-state index contributed by atoms with van der Waals surface area (Å²) in [5.74, 6) is -3.69. The Morgan fingerprint density at radius 1 is 1.06 bits per heavy atom. The lowest BCUT2D eigenvalue weighted by Gasteiger charge is -2.09. The zero-order valence-corrected chi connectivity index (χ0v) is 10.0. The number of aliphatic carboxylic acids is 2. The van der Waals surface area contributed by atoms with E-state index in [1.807, 2.05) is 0 Å². The summed E-state index contributed by atoms with van der Waals surface area (Å²) in [5.41, 5.74) is 0. The maximum atomic E-state index is 11.1. The molecule has 0 saturated carbocycles. The van der Waals surface area contributed by atoms with Gasteiger partial charge < -0.3 is 19.3 Å². The topological polar surface area (TPSA) is 110 Å². The smallest absolute Gasteiger partial charge is 0.319 e. The molecule has 16 heavy (non-hydrogen) atoms. The Balaban J connectivity index is 3.75. The second-order valence-electron chi connectivity index (χ2n) is 3.35. The van der Waals surface area contributed by atoms with E-state index in [2.05, 4.69) is 9.05 Å². The van der Waals surface area contributed by atoms with Crippen LogP contribution in [-0.4, -0.2) is 35.4 Å². The summed E-state index contributed by atoms with van der Waals surface area (Å²) in [6.07, 6.45) is 0. The van der Waals surface area contributed by atoms with Gasteiger partial charge in [-0.25, -0.2) is 0 Å². The van der Waals surface area contributed by atoms with Gasteiger partial charge in [0.15, 0.2) is 0 Å². The first-order valence-corrected chi connectivity index (χ1v) is 5.82. The van der Waals surface area contributed by atoms with Gasteiger partial charge >= 0.3 is 20.2 Å². The highest BCUT2D eigenvalue weighted by molar-refractivity contribution is 7.33. The molecule has 0 aromatic carbocycles. The SMILES string of the molecule is CC(CO[PH](=O)OCC(C)C(=O)O)C(=O)O. The summed E-state index contributed by atoms with van der Waals surface area (Å²) in [6, 6.07) is 0. The fourth-order valence-corrected chi connectivity index (χ4v) is 1.43. The summed E-state index contributed by atoms with van der Waals surface area (Å²) in [5, 5.41) is 17.0. The third-order valence-electron chi connectivity index (χ3n) is 1.75. The van der Waals surface area contributed by atoms with Gasteiger partial charge in [0.05, 0.1) is 25.0 Å². The molecule has 0 aliphatic carbocycles. The van der Waals surface area contributed by atoms with Crippen LogP contribution in [0.1, 0.15) is 13.8 Å². The standard InChI is InChI=1S/C8H15O7P/c1-5(7(9)10)3-14-16(13)15-4-6(2)8(11)12/h5-6,16H,3-4H2,1-2H3,(H,9,10)(H,11,12). The van der Waals surface area contributed by atoms with Crippen molar-refractivity contribution in [3.63, 3.8) is 0 Å². The van der Waals surface area contributed by atoms with Crippen LogP contribution in [0.4, 0.5) is 0 Å². The summed E-state index contributed by atoms with van der Waals surface area (Å²) in [4.78, 5) is 20.8. The van der Waals surface area contributed by atoms with Crippen molar-refractivity contribution in [2.45, 2.75) is 13.8 Å². The summed E-state index contributed by atoms with van der Waals surface area (Å²) < 4.78 is 20.3. The van der Waals surface area contributed by atoms with E-state index >= 15 is 0 Å². The highest BCUT2D eigenvalue weighted by atomic mass is 31.1. The lowest BCUT2D eigenvalue weighted by Crippen LogP contribution is -2.16. The van der Waals surface area contributed by atoms with E-state index < -0.39 is 32.0 Å². The quantitative estimate of drug-likeness (QED) is 0.617. The Morgan fingerprint density at radius 2 is 1.38 bits per heavy atom. The lowest BCUT2D eigenvalue weighted by molar-refractivity contribution is -0.142. The van der Waals surface area contributed by atoms with Crippen LogP contribution in [0.25, 0.3) is 0 Å². The van der Waals surface area contributed by atoms with Gasteiger partial charge in [-0.15, -0.1) is 0 Å². The van der Waals surface area contributed by atoms with Crippen molar-refractivity contribution in [1.82, 2.24) is 0 Å². The van der Waals surface area contributed by atoms with Gasteiger partial charge in [-0.05, 0) is 13.8 Å². The van der Waals surface area contributed by atoms with E-state index in [0.29, 0.717) is 0 Å². The second-order valence-corrected chi connectivity index (χ2v) is 4.43. The molecule has 0 amide bonds. The third kappa shape index (κ3) is 6.55. The number of carboxylic acids is 2. The molecule has 2 atom stereocenters. The molecule has 0 rings (SSSR count). The minimum Gasteiger partial charge on any atom is -0.481 e. The number of hydrogen-bond acceptors (Lipinski definition) is 5. The second kappa shape index (κ2) is 7.38. The third-order valence-corrected chi connectivity index (χ3v) is 2.55. The molecule has 8 heteroatoms. The first-order valence-electron chi connectivity index (χ1n) is 4.59. The normalized spacial score (nSPS) is 16.4. The summed E-state index contributed by atoms with van der Waals surface area (Å²) in [7, 11) is -2.82. The maximum absolute atomic E-state index is 11.1. The van der Waals surface area contributed by atoms with E-state index in [-0.39, 0.29) is 13.2 Å². The van der Waals surface area contributed by atoms with Crippen LogP contribution in [0.2, 0.25) is 0 Å². The lowest BCUT2D eigenvalue weighted by atomic mass is 10.2. The van der Waals surface area contributed by atoms with E-state index in [9.17, 15) is 14.2 Å². The van der Waals surface area contributed by atoms with Gasteiger partial charge in [-0.3, -0.25) is 14.2 Å². The number of hydrogen-bond donors (Lipinski definition) is 2. The highest BCUT2D eigenvalue weighted by Gasteiger charge is 2.15. The predicted octanol–water partition coefficient (Wildman–Crippen LogP) is 0.851. The maximum Gasteiger partial charge on any atom is 0.319 e. The summed E-state index contributed by atoms with van der Waals surface area (Å²) >= 11 is 0. The van der Waals surface area contributed by atoms with Crippen LogP contribution in [0.15, 0.2) is 0 Å². The van der Waals surface area contributed by atoms with Crippen molar-refractivity contribution in [1.29, 1.82) is 0 Å². The number of carbonyl (C=O) groups is 2. The van der Waals surface area contributed by atoms with Crippen molar-refractivity contribution >= 4 is 20.2 Å². The van der Waals surface area contributed by atoms with E-state index in [1.165, 1.54) is 13.8 Å². The van der Waals surface area contributed by atoms with Gasteiger partial charge in [0.1, 0.15) is 0 Å². The van der Waals surface area contributed by atoms with Crippen molar-refractivity contribution in [2.75, 3.05) is 13.2 Å². The number of rotatable bonds is 8. The van der Waals surface area contributed by atoms with Crippen LogP contribution in [-0.2, 0) is 23.2 Å². The molecule has 0 heterocycles. The Morgan fingerprint density at radius 3 is 1.62 bits per heavy atom. The van der Waals surface area contributed by atoms with Crippen LogP contribution in [0, 0.1) is 11.8 Å². The predicted molar refractivity (Wildman–Crippen MR) is 54.5 cm³/mol. The van der Waals surface area contributed by atoms with Crippen molar-refractivity contribution in [2.24, 2.45) is 11.8 Å². The van der Waals surface area contributed by atoms with Crippen LogP contribution in [0.3, 0.4) is 0 Å². The Kier molecular flexibility index (Phi) is 6.96. The van der Waals surface area contributed by atoms with Gasteiger partial charge in [-0.2, -0.15) is 0 Å². The van der Waals surface area contributed by atoms with Crippen LogP contribution < -0.4 is 0 Å². The van der Waals surface area contributed by atoms with Crippen molar-refractivity contribution < 1.29 is 33.4 Å². The monoisotopic (exact) mass is 254 g/mol. The van der Waals surface area contributed by atoms with Crippen molar-refractivity contribution in [3.8, 4) is 0 Å². The molecule has 0 saturated heterocycles. The fourth-order valence-electron chi connectivity index (χ4n) is 0.570. The molecule has 94 valence electrons. The van der Waals surface area contributed by atoms with E-state index in [1.54, 1.807) is 0 Å². The molecule has 0 fully saturated rings. The molecular weight excluding hydrogens is 239 g/mol. The molecule has 0 radical (unpaired) electrons. The molecule has 0 aromatic heterocycles. The highest BCUT2D eigenvalue weighted by Crippen LogP contribution is 2.25. The molecule has 2 unspecified atom stereocenters. The molecule has 2 N–H and O–H groups in total. The van der Waals surface area contributed by atoms with Crippen LogP contribution >= 0.6 is 8.25 Å². The number of carboxylic acid groups (broad SMARTS) is 2. The van der Waals surface area contributed by atoms with Gasteiger partial charge in [-0.1, -0.05) is 0 Å². The molecule has 7 nitrogen and oxygen atoms in total. The van der Waals surface area contributed by atoms with Gasteiger partial charge in [0.25, 0.3) is 0 Å². The van der Waals surface area contributed by atoms with Gasteiger partial charge in [0, 0.05) is 0 Å². The molecular formula is C8H15O7P. The average Bonchev–Trinajstić information content (AvgIpc) is 2.21. The van der Waals surface area contributed by atoms with Crippen LogP contribution in [0.5, 0.6) is 0 Å². The Bertz CT molecular complexity index is 252. The molecule has 0 aliphatic heterocycles. The first kappa shape index (κ1) is 15.1. The minimum absolute atomic E-state index is 0.228. The molecule has 0 bridgehead atoms. The molecule has 0 aliphatic rings. The fraction of sp³-hybridized carbons (Fsp3) is 0.750. The summed E-state index contributed by atoms with van der Waals surface area (Å²) in [6.45, 7) is 2.35. The molecule has 0 spiro atoms. The first-order chi connectivity index (χ1) is 7.34. The van der Waals surface area contributed by atoms with Gasteiger partial charge in [0.2, 0.25) is 0 Å². The largest absolute Gasteiger partial charge is 0.481 e. The zero-order valence-electron chi connectivity index (χ0n) is 9.00. The molecule has 0 aromatic rings. The minimum atomic E-state index is -2.82. The van der Waals surface area contributed by atoms with Crippen molar-refractivity contribution in [3.05, 3.63) is 0 Å².